The molecule has 0 fully saturated rings. The van der Waals surface area contributed by atoms with Crippen LogP contribution < -0.4 is 16.0 Å². The number of carbonyl (C=O) groups excluding carboxylic acids is 6. The fourth-order valence-electron chi connectivity index (χ4n) is 3.35. The zero-order valence-corrected chi connectivity index (χ0v) is 22.2. The molecule has 0 aliphatic heterocycles. The minimum absolute atomic E-state index is 0.0152. The molecule has 0 aliphatic carbocycles. The van der Waals surface area contributed by atoms with Gasteiger partial charge in [0.1, 0.15) is 12.6 Å². The van der Waals surface area contributed by atoms with Gasteiger partial charge in [0.15, 0.2) is 0 Å². The van der Waals surface area contributed by atoms with E-state index >= 15 is 0 Å². The average molecular weight is 549 g/mol. The topological polar surface area (TPSA) is 188 Å². The molecule has 0 aromatic heterocycles. The number of hydrogen-bond donors (Lipinski definition) is 4. The van der Waals surface area contributed by atoms with Crippen molar-refractivity contribution in [3.63, 3.8) is 0 Å². The number of rotatable bonds is 18. The summed E-state index contributed by atoms with van der Waals surface area (Å²) < 4.78 is 4.88. The van der Waals surface area contributed by atoms with E-state index in [1.807, 2.05) is 6.92 Å². The predicted molar refractivity (Wildman–Crippen MR) is 139 cm³/mol. The molecule has 4 N–H and O–H groups in total. The van der Waals surface area contributed by atoms with Gasteiger partial charge in [0.2, 0.25) is 30.0 Å². The van der Waals surface area contributed by atoms with Crippen LogP contribution in [0.2, 0.25) is 0 Å². The molecule has 0 aliphatic rings. The van der Waals surface area contributed by atoms with E-state index in [-0.39, 0.29) is 31.9 Å². The number of nitrogens with zero attached hydrogens (tertiary/aromatic N) is 1. The Labute approximate surface area is 226 Å². The van der Waals surface area contributed by atoms with E-state index in [2.05, 4.69) is 16.0 Å². The SMILES string of the molecule is CCCC(=O)N(C=O)CCCCCC(=O)NC(CC(=O)O)C(=O)NCC(=O)Nc1ccc(COC(C)=O)cc1. The molecule has 0 saturated heterocycles. The molecule has 1 rings (SSSR count). The molecular formula is C26H36N4O9. The lowest BCUT2D eigenvalue weighted by Gasteiger charge is -2.17. The Morgan fingerprint density at radius 1 is 1.00 bits per heavy atom. The third kappa shape index (κ3) is 14.3. The fraction of sp³-hybridized carbons (Fsp3) is 0.500. The van der Waals surface area contributed by atoms with E-state index in [0.717, 1.165) is 4.90 Å². The number of ether oxygens (including phenoxy) is 1. The molecule has 13 nitrogen and oxygen atoms in total. The van der Waals surface area contributed by atoms with Gasteiger partial charge < -0.3 is 25.8 Å². The van der Waals surface area contributed by atoms with Crippen molar-refractivity contribution in [1.82, 2.24) is 15.5 Å². The minimum Gasteiger partial charge on any atom is -0.481 e. The number of benzene rings is 1. The van der Waals surface area contributed by atoms with Gasteiger partial charge in [-0.05, 0) is 37.0 Å². The smallest absolute Gasteiger partial charge is 0.305 e. The van der Waals surface area contributed by atoms with Crippen molar-refractivity contribution < 1.29 is 43.4 Å². The third-order valence-electron chi connectivity index (χ3n) is 5.35. The van der Waals surface area contributed by atoms with Crippen LogP contribution in [0.1, 0.15) is 64.4 Å². The molecule has 0 spiro atoms. The quantitative estimate of drug-likeness (QED) is 0.118. The lowest BCUT2D eigenvalue weighted by Crippen LogP contribution is -2.49. The Bertz CT molecular complexity index is 1010. The maximum Gasteiger partial charge on any atom is 0.305 e. The first-order valence-corrected chi connectivity index (χ1v) is 12.6. The van der Waals surface area contributed by atoms with Gasteiger partial charge in [-0.3, -0.25) is 38.5 Å². The van der Waals surface area contributed by atoms with Crippen molar-refractivity contribution in [3.05, 3.63) is 29.8 Å². The fourth-order valence-corrected chi connectivity index (χ4v) is 3.35. The largest absolute Gasteiger partial charge is 0.481 e. The Morgan fingerprint density at radius 2 is 1.69 bits per heavy atom. The second-order valence-corrected chi connectivity index (χ2v) is 8.71. The third-order valence-corrected chi connectivity index (χ3v) is 5.35. The van der Waals surface area contributed by atoms with Crippen LogP contribution in [0.5, 0.6) is 0 Å². The number of nitrogens with one attached hydrogen (secondary N) is 3. The van der Waals surface area contributed by atoms with E-state index in [1.165, 1.54) is 6.92 Å². The molecule has 39 heavy (non-hydrogen) atoms. The van der Waals surface area contributed by atoms with Crippen molar-refractivity contribution in [2.45, 2.75) is 71.4 Å². The van der Waals surface area contributed by atoms with Crippen LogP contribution in [0.15, 0.2) is 24.3 Å². The number of carboxylic acids is 1. The van der Waals surface area contributed by atoms with Crippen molar-refractivity contribution in [3.8, 4) is 0 Å². The molecule has 0 bridgehead atoms. The first-order chi connectivity index (χ1) is 18.5. The first-order valence-electron chi connectivity index (χ1n) is 12.6. The van der Waals surface area contributed by atoms with Crippen molar-refractivity contribution >= 4 is 47.7 Å². The highest BCUT2D eigenvalue weighted by molar-refractivity contribution is 5.96. The number of esters is 1. The molecule has 1 unspecified atom stereocenters. The number of aliphatic carboxylic acids is 1. The van der Waals surface area contributed by atoms with E-state index < -0.39 is 48.7 Å². The standard InChI is InChI=1S/C26H36N4O9/c1-3-7-24(35)30(17-31)13-6-4-5-8-22(33)29-21(14-25(36)37)26(38)27-15-23(34)28-20-11-9-19(10-12-20)16-39-18(2)32/h9-12,17,21H,3-8,13-16H2,1-2H3,(H,27,38)(H,28,34)(H,29,33)(H,36,37). The summed E-state index contributed by atoms with van der Waals surface area (Å²) in [5.41, 5.74) is 1.15. The van der Waals surface area contributed by atoms with Gasteiger partial charge in [-0.15, -0.1) is 0 Å². The summed E-state index contributed by atoms with van der Waals surface area (Å²) >= 11 is 0. The number of carbonyl (C=O) groups is 7. The van der Waals surface area contributed by atoms with Crippen LogP contribution in [0.4, 0.5) is 5.69 Å². The normalized spacial score (nSPS) is 11.0. The maximum atomic E-state index is 12.5. The molecule has 1 aromatic rings. The van der Waals surface area contributed by atoms with Crippen LogP contribution in [0, 0.1) is 0 Å². The summed E-state index contributed by atoms with van der Waals surface area (Å²) in [6.45, 7) is 3.01. The van der Waals surface area contributed by atoms with Gasteiger partial charge in [-0.25, -0.2) is 0 Å². The number of imide groups is 1. The summed E-state index contributed by atoms with van der Waals surface area (Å²) in [7, 11) is 0. The molecule has 0 saturated carbocycles. The summed E-state index contributed by atoms with van der Waals surface area (Å²) in [5.74, 6) is -3.91. The van der Waals surface area contributed by atoms with E-state index in [1.54, 1.807) is 24.3 Å². The Balaban J connectivity index is 2.46. The summed E-state index contributed by atoms with van der Waals surface area (Å²) in [6, 6.07) is 5.11. The van der Waals surface area contributed by atoms with Gasteiger partial charge in [0.25, 0.3) is 0 Å². The van der Waals surface area contributed by atoms with Crippen LogP contribution in [-0.2, 0) is 44.9 Å². The van der Waals surface area contributed by atoms with E-state index in [9.17, 15) is 33.6 Å². The number of unbranched alkanes of at least 4 members (excludes halogenated alkanes) is 2. The van der Waals surface area contributed by atoms with Crippen LogP contribution in [0.3, 0.4) is 0 Å². The van der Waals surface area contributed by atoms with Crippen molar-refractivity contribution in [2.24, 2.45) is 0 Å². The maximum absolute atomic E-state index is 12.5. The lowest BCUT2D eigenvalue weighted by molar-refractivity contribution is -0.142. The monoisotopic (exact) mass is 548 g/mol. The van der Waals surface area contributed by atoms with Gasteiger partial charge in [-0.2, -0.15) is 0 Å². The molecule has 1 aromatic carbocycles. The predicted octanol–water partition coefficient (Wildman–Crippen LogP) is 1.11. The molecule has 1 atom stereocenters. The summed E-state index contributed by atoms with van der Waals surface area (Å²) in [6.07, 6.45) is 2.20. The zero-order valence-electron chi connectivity index (χ0n) is 22.2. The van der Waals surface area contributed by atoms with Crippen LogP contribution in [-0.4, -0.2) is 71.1 Å². The van der Waals surface area contributed by atoms with Gasteiger partial charge >= 0.3 is 11.9 Å². The van der Waals surface area contributed by atoms with Crippen molar-refractivity contribution in [1.29, 1.82) is 0 Å². The highest BCUT2D eigenvalue weighted by Crippen LogP contribution is 2.10. The van der Waals surface area contributed by atoms with E-state index in [0.29, 0.717) is 43.3 Å². The first kappa shape index (κ1) is 32.7. The number of carboxylic acid groups (broad SMARTS) is 1. The molecular weight excluding hydrogens is 512 g/mol. The second kappa shape index (κ2) is 18.0. The van der Waals surface area contributed by atoms with Crippen molar-refractivity contribution in [2.75, 3.05) is 18.4 Å². The summed E-state index contributed by atoms with van der Waals surface area (Å²) in [4.78, 5) is 82.9. The number of hydrogen-bond acceptors (Lipinski definition) is 8. The molecule has 13 heteroatoms. The van der Waals surface area contributed by atoms with Gasteiger partial charge in [0.05, 0.1) is 13.0 Å². The zero-order chi connectivity index (χ0) is 29.2. The molecule has 0 radical (unpaired) electrons. The van der Waals surface area contributed by atoms with E-state index in [4.69, 9.17) is 9.84 Å². The lowest BCUT2D eigenvalue weighted by atomic mass is 10.1. The van der Waals surface area contributed by atoms with Gasteiger partial charge in [0, 0.05) is 32.0 Å². The second-order valence-electron chi connectivity index (χ2n) is 8.71. The molecule has 0 heterocycles. The van der Waals surface area contributed by atoms with Crippen LogP contribution in [0.25, 0.3) is 0 Å². The average Bonchev–Trinajstić information content (AvgIpc) is 2.88. The number of anilines is 1. The molecule has 5 amide bonds. The van der Waals surface area contributed by atoms with Gasteiger partial charge in [-0.1, -0.05) is 25.5 Å². The molecule has 214 valence electrons. The Morgan fingerprint density at radius 3 is 2.28 bits per heavy atom. The Hall–Kier alpha value is -4.29. The number of amides is 5. The summed E-state index contributed by atoms with van der Waals surface area (Å²) in [5, 5.41) is 16.4. The Kier molecular flexibility index (Phi) is 15.1. The highest BCUT2D eigenvalue weighted by Gasteiger charge is 2.24. The minimum atomic E-state index is -1.37. The van der Waals surface area contributed by atoms with Crippen LogP contribution >= 0.6 is 0 Å². The highest BCUT2D eigenvalue weighted by atomic mass is 16.5.